The summed E-state index contributed by atoms with van der Waals surface area (Å²) in [6.07, 6.45) is 1.27. The number of carboxylic acids is 1. The number of carboxylic acid groups (broad SMARTS) is 1. The maximum absolute atomic E-state index is 13.6. The zero-order chi connectivity index (χ0) is 23.0. The number of nitrogens with one attached hydrogen (secondary N) is 1. The third kappa shape index (κ3) is 3.93. The molecule has 2 amide bonds. The standard InChI is InChI=1S/C23H15FN2O5S/c1-12-9-13(22(29)30)5-7-17(12)19-8-6-16(31-19)11-18-20(27)25-23(32)26(21(18)28)15-4-2-3-14(24)10-15/h2-11H,1H3,(H,29,30)(H,25,27,32)/b18-11+. The largest absolute Gasteiger partial charge is 0.478 e. The molecule has 0 unspecified atom stereocenters. The van der Waals surface area contributed by atoms with Crippen LogP contribution < -0.4 is 10.2 Å². The Balaban J connectivity index is 1.67. The summed E-state index contributed by atoms with van der Waals surface area (Å²) in [5.74, 6) is -2.34. The molecule has 9 heteroatoms. The molecule has 1 aromatic heterocycles. The fourth-order valence-corrected chi connectivity index (χ4v) is 3.58. The number of benzene rings is 2. The van der Waals surface area contributed by atoms with Crippen LogP contribution in [0.15, 0.2) is 64.6 Å². The van der Waals surface area contributed by atoms with Crippen molar-refractivity contribution in [2.75, 3.05) is 4.90 Å². The van der Waals surface area contributed by atoms with Crippen molar-refractivity contribution >= 4 is 46.9 Å². The molecule has 32 heavy (non-hydrogen) atoms. The van der Waals surface area contributed by atoms with Gasteiger partial charge in [0.1, 0.15) is 22.9 Å². The van der Waals surface area contributed by atoms with Gasteiger partial charge in [-0.25, -0.2) is 9.18 Å². The summed E-state index contributed by atoms with van der Waals surface area (Å²) in [6.45, 7) is 1.75. The summed E-state index contributed by atoms with van der Waals surface area (Å²) in [5.41, 5.74) is 1.45. The number of hydrogen-bond acceptors (Lipinski definition) is 5. The fraction of sp³-hybridized carbons (Fsp3) is 0.0435. The Bertz CT molecular complexity index is 1330. The molecule has 1 fully saturated rings. The van der Waals surface area contributed by atoms with Gasteiger partial charge >= 0.3 is 5.97 Å². The minimum atomic E-state index is -1.04. The van der Waals surface area contributed by atoms with E-state index in [4.69, 9.17) is 21.7 Å². The molecule has 0 spiro atoms. The van der Waals surface area contributed by atoms with Crippen LogP contribution in [0.4, 0.5) is 10.1 Å². The number of carbonyl (C=O) groups is 3. The molecule has 4 rings (SSSR count). The van der Waals surface area contributed by atoms with Crippen LogP contribution >= 0.6 is 12.2 Å². The zero-order valence-corrected chi connectivity index (χ0v) is 17.4. The molecule has 0 radical (unpaired) electrons. The number of halogens is 1. The van der Waals surface area contributed by atoms with E-state index in [2.05, 4.69) is 5.32 Å². The summed E-state index contributed by atoms with van der Waals surface area (Å²) in [7, 11) is 0. The van der Waals surface area contributed by atoms with E-state index in [-0.39, 0.29) is 27.7 Å². The summed E-state index contributed by atoms with van der Waals surface area (Å²) in [4.78, 5) is 37.5. The van der Waals surface area contributed by atoms with Crippen LogP contribution in [0.3, 0.4) is 0 Å². The van der Waals surface area contributed by atoms with E-state index < -0.39 is 23.6 Å². The van der Waals surface area contributed by atoms with Crippen LogP contribution in [0, 0.1) is 12.7 Å². The molecule has 2 heterocycles. The van der Waals surface area contributed by atoms with Crippen molar-refractivity contribution in [2.45, 2.75) is 6.92 Å². The first-order valence-electron chi connectivity index (χ1n) is 9.36. The minimum absolute atomic E-state index is 0.151. The monoisotopic (exact) mass is 450 g/mol. The van der Waals surface area contributed by atoms with Crippen LogP contribution in [0.2, 0.25) is 0 Å². The van der Waals surface area contributed by atoms with Crippen molar-refractivity contribution < 1.29 is 28.3 Å². The molecule has 2 aromatic carbocycles. The van der Waals surface area contributed by atoms with Gasteiger partial charge in [0.15, 0.2) is 5.11 Å². The number of aromatic carboxylic acids is 1. The Morgan fingerprint density at radius 3 is 2.62 bits per heavy atom. The van der Waals surface area contributed by atoms with Gasteiger partial charge in [0, 0.05) is 5.56 Å². The number of anilines is 1. The van der Waals surface area contributed by atoms with Crippen molar-refractivity contribution in [3.8, 4) is 11.3 Å². The highest BCUT2D eigenvalue weighted by atomic mass is 32.1. The van der Waals surface area contributed by atoms with Gasteiger partial charge in [0.25, 0.3) is 11.8 Å². The first-order valence-corrected chi connectivity index (χ1v) is 9.76. The number of thiocarbonyl (C=S) groups is 1. The summed E-state index contributed by atoms with van der Waals surface area (Å²) >= 11 is 5.09. The van der Waals surface area contributed by atoms with Crippen molar-refractivity contribution in [1.29, 1.82) is 0 Å². The summed E-state index contributed by atoms with van der Waals surface area (Å²) in [5, 5.41) is 11.4. The lowest BCUT2D eigenvalue weighted by Gasteiger charge is -2.28. The molecule has 1 aliphatic heterocycles. The third-order valence-electron chi connectivity index (χ3n) is 4.82. The lowest BCUT2D eigenvalue weighted by molar-refractivity contribution is -0.122. The molecule has 0 atom stereocenters. The predicted octanol–water partition coefficient (Wildman–Crippen LogP) is 3.92. The summed E-state index contributed by atoms with van der Waals surface area (Å²) in [6, 6.07) is 13.1. The summed E-state index contributed by atoms with van der Waals surface area (Å²) < 4.78 is 19.4. The van der Waals surface area contributed by atoms with E-state index in [9.17, 15) is 18.8 Å². The number of amides is 2. The molecular weight excluding hydrogens is 435 g/mol. The fourth-order valence-electron chi connectivity index (χ4n) is 3.30. The van der Waals surface area contributed by atoms with Crippen molar-refractivity contribution in [3.63, 3.8) is 0 Å². The Kier molecular flexibility index (Phi) is 5.41. The third-order valence-corrected chi connectivity index (χ3v) is 5.10. The Morgan fingerprint density at radius 1 is 1.16 bits per heavy atom. The average molecular weight is 450 g/mol. The minimum Gasteiger partial charge on any atom is -0.478 e. The molecule has 2 N–H and O–H groups in total. The van der Waals surface area contributed by atoms with Crippen LogP contribution in [0.1, 0.15) is 21.7 Å². The van der Waals surface area contributed by atoms with E-state index in [1.54, 1.807) is 25.1 Å². The maximum atomic E-state index is 13.6. The molecule has 0 aliphatic carbocycles. The number of nitrogens with zero attached hydrogens (tertiary/aromatic N) is 1. The van der Waals surface area contributed by atoms with Gasteiger partial charge in [0.05, 0.1) is 11.3 Å². The highest BCUT2D eigenvalue weighted by molar-refractivity contribution is 7.80. The first kappa shape index (κ1) is 21.1. The average Bonchev–Trinajstić information content (AvgIpc) is 3.19. The van der Waals surface area contributed by atoms with Gasteiger partial charge in [-0.2, -0.15) is 0 Å². The molecule has 1 aliphatic rings. The zero-order valence-electron chi connectivity index (χ0n) is 16.6. The number of rotatable bonds is 4. The normalized spacial score (nSPS) is 15.2. The molecule has 160 valence electrons. The second kappa shape index (κ2) is 8.20. The van der Waals surface area contributed by atoms with Crippen LogP contribution in [0.5, 0.6) is 0 Å². The second-order valence-electron chi connectivity index (χ2n) is 6.97. The second-order valence-corrected chi connectivity index (χ2v) is 7.36. The van der Waals surface area contributed by atoms with E-state index in [0.717, 1.165) is 11.0 Å². The van der Waals surface area contributed by atoms with Gasteiger partial charge in [-0.05, 0) is 73.2 Å². The van der Waals surface area contributed by atoms with E-state index in [1.165, 1.54) is 36.4 Å². The number of hydrogen-bond donors (Lipinski definition) is 2. The molecule has 3 aromatic rings. The van der Waals surface area contributed by atoms with E-state index in [0.29, 0.717) is 16.9 Å². The van der Waals surface area contributed by atoms with E-state index in [1.807, 2.05) is 0 Å². The van der Waals surface area contributed by atoms with Crippen LogP contribution in [0.25, 0.3) is 17.4 Å². The van der Waals surface area contributed by atoms with E-state index >= 15 is 0 Å². The molecule has 0 saturated carbocycles. The molecule has 1 saturated heterocycles. The van der Waals surface area contributed by atoms with Gasteiger partial charge in [0.2, 0.25) is 0 Å². The van der Waals surface area contributed by atoms with Gasteiger partial charge in [-0.15, -0.1) is 0 Å². The topological polar surface area (TPSA) is 99.8 Å². The Labute approximate surface area is 186 Å². The van der Waals surface area contributed by atoms with Gasteiger partial charge in [-0.3, -0.25) is 19.8 Å². The molecule has 0 bridgehead atoms. The van der Waals surface area contributed by atoms with Crippen LogP contribution in [-0.4, -0.2) is 28.0 Å². The molecule has 7 nitrogen and oxygen atoms in total. The maximum Gasteiger partial charge on any atom is 0.335 e. The van der Waals surface area contributed by atoms with Gasteiger partial charge < -0.3 is 9.52 Å². The predicted molar refractivity (Wildman–Crippen MR) is 118 cm³/mol. The smallest absolute Gasteiger partial charge is 0.335 e. The van der Waals surface area contributed by atoms with Crippen molar-refractivity contribution in [3.05, 3.63) is 82.9 Å². The Hall–Kier alpha value is -4.11. The number of carbonyl (C=O) groups excluding carboxylic acids is 2. The first-order chi connectivity index (χ1) is 15.2. The lowest BCUT2D eigenvalue weighted by Crippen LogP contribution is -2.54. The lowest BCUT2D eigenvalue weighted by atomic mass is 10.0. The SMILES string of the molecule is Cc1cc(C(=O)O)ccc1-c1ccc(/C=C2\C(=O)NC(=S)N(c3cccc(F)c3)C2=O)o1. The van der Waals surface area contributed by atoms with Crippen LogP contribution in [-0.2, 0) is 9.59 Å². The number of aryl methyl sites for hydroxylation is 1. The van der Waals surface area contributed by atoms with Gasteiger partial charge in [-0.1, -0.05) is 12.1 Å². The van der Waals surface area contributed by atoms with Crippen molar-refractivity contribution in [1.82, 2.24) is 5.32 Å². The van der Waals surface area contributed by atoms with Crippen molar-refractivity contribution in [2.24, 2.45) is 0 Å². The highest BCUT2D eigenvalue weighted by Gasteiger charge is 2.35. The quantitative estimate of drug-likeness (QED) is 0.355. The number of furan rings is 1. The Morgan fingerprint density at radius 2 is 1.94 bits per heavy atom. The highest BCUT2D eigenvalue weighted by Crippen LogP contribution is 2.28. The molecular formula is C23H15FN2O5S.